The third kappa shape index (κ3) is 5.08. The van der Waals surface area contributed by atoms with Crippen molar-refractivity contribution in [2.24, 2.45) is 17.8 Å². The van der Waals surface area contributed by atoms with E-state index in [9.17, 15) is 39.6 Å². The predicted octanol–water partition coefficient (Wildman–Crippen LogP) is 4.55. The maximum Gasteiger partial charge on any atom is 0.451 e. The molecule has 2 atom stereocenters. The summed E-state index contributed by atoms with van der Waals surface area (Å²) in [7, 11) is -6.92. The van der Waals surface area contributed by atoms with E-state index in [1.807, 2.05) is 0 Å². The fourth-order valence-corrected chi connectivity index (χ4v) is 7.48. The van der Waals surface area contributed by atoms with E-state index in [1.54, 1.807) is 0 Å². The average Bonchev–Trinajstić information content (AvgIpc) is 2.69. The second-order valence-electron chi connectivity index (χ2n) is 10.6. The summed E-state index contributed by atoms with van der Waals surface area (Å²) in [6.07, 6.45) is -13.9. The molecular weight excluding hydrogens is 529 g/mol. The summed E-state index contributed by atoms with van der Waals surface area (Å²) in [5.74, 6) is -4.81. The summed E-state index contributed by atoms with van der Waals surface area (Å²) in [4.78, 5) is 12.6. The minimum absolute atomic E-state index is 0.0302. The van der Waals surface area contributed by atoms with Crippen molar-refractivity contribution in [3.8, 4) is 0 Å². The normalized spacial score (nSPS) is 34.7. The third-order valence-corrected chi connectivity index (χ3v) is 9.10. The third-order valence-electron chi connectivity index (χ3n) is 7.53. The van der Waals surface area contributed by atoms with Crippen molar-refractivity contribution in [3.63, 3.8) is 0 Å². The molecule has 1 aliphatic heterocycles. The molecule has 1 saturated heterocycles. The van der Waals surface area contributed by atoms with Crippen molar-refractivity contribution >= 4 is 16.1 Å². The molecule has 5 aliphatic rings. The monoisotopic (exact) mass is 556 g/mol. The van der Waals surface area contributed by atoms with Crippen molar-refractivity contribution in [1.82, 2.24) is 0 Å². The number of halogens is 7. The summed E-state index contributed by atoms with van der Waals surface area (Å²) in [5, 5.41) is -5.87. The van der Waals surface area contributed by atoms with Gasteiger partial charge in [-0.2, -0.15) is 34.8 Å². The first-order chi connectivity index (χ1) is 16.4. The highest BCUT2D eigenvalue weighted by Gasteiger charge is 2.75. The van der Waals surface area contributed by atoms with Gasteiger partial charge >= 0.3 is 33.4 Å². The Labute approximate surface area is 203 Å². The van der Waals surface area contributed by atoms with Gasteiger partial charge in [-0.05, 0) is 69.6 Å². The Hall–Kier alpha value is -1.19. The molecule has 0 spiro atoms. The van der Waals surface area contributed by atoms with Crippen LogP contribution in [-0.2, 0) is 33.3 Å². The average molecular weight is 556 g/mol. The lowest BCUT2D eigenvalue weighted by atomic mass is 9.54. The van der Waals surface area contributed by atoms with E-state index in [0.29, 0.717) is 6.42 Å². The van der Waals surface area contributed by atoms with Gasteiger partial charge < -0.3 is 14.2 Å². The number of esters is 1. The molecule has 0 aromatic carbocycles. The van der Waals surface area contributed by atoms with Gasteiger partial charge in [-0.3, -0.25) is 4.18 Å². The van der Waals surface area contributed by atoms with E-state index in [-0.39, 0.29) is 50.2 Å². The molecule has 0 aromatic rings. The molecule has 4 bridgehead atoms. The van der Waals surface area contributed by atoms with E-state index in [2.05, 4.69) is 4.18 Å². The summed E-state index contributed by atoms with van der Waals surface area (Å²) >= 11 is 0. The van der Waals surface area contributed by atoms with Gasteiger partial charge in [0.2, 0.25) is 0 Å². The molecule has 5 rings (SSSR count). The molecule has 1 heterocycles. The number of rotatable bonds is 7. The highest BCUT2D eigenvalue weighted by atomic mass is 32.2. The summed E-state index contributed by atoms with van der Waals surface area (Å²) in [6, 6.07) is 0. The molecule has 7 nitrogen and oxygen atoms in total. The lowest BCUT2D eigenvalue weighted by Crippen LogP contribution is -2.61. The molecular formula is C21H27F7O7S. The molecule has 2 unspecified atom stereocenters. The molecule has 36 heavy (non-hydrogen) atoms. The minimum atomic E-state index is -6.92. The van der Waals surface area contributed by atoms with Crippen LogP contribution in [0.15, 0.2) is 0 Å². The molecule has 0 aromatic heterocycles. The highest BCUT2D eigenvalue weighted by Crippen LogP contribution is 2.58. The van der Waals surface area contributed by atoms with E-state index >= 15 is 4.39 Å². The predicted molar refractivity (Wildman–Crippen MR) is 106 cm³/mol. The Balaban J connectivity index is 1.60. The van der Waals surface area contributed by atoms with Crippen LogP contribution in [0.5, 0.6) is 0 Å². The van der Waals surface area contributed by atoms with Crippen LogP contribution in [0.2, 0.25) is 0 Å². The van der Waals surface area contributed by atoms with Crippen LogP contribution < -0.4 is 0 Å². The van der Waals surface area contributed by atoms with Crippen molar-refractivity contribution in [2.75, 3.05) is 13.2 Å². The molecule has 208 valence electrons. The number of carbonyl (C=O) groups excluding carboxylic acids is 1. The van der Waals surface area contributed by atoms with Crippen LogP contribution in [0.4, 0.5) is 30.7 Å². The Morgan fingerprint density at radius 1 is 0.944 bits per heavy atom. The number of ether oxygens (including phenoxy) is 3. The van der Waals surface area contributed by atoms with E-state index in [4.69, 9.17) is 14.2 Å². The fraction of sp³-hybridized carbons (Fsp3) is 0.952. The van der Waals surface area contributed by atoms with Gasteiger partial charge in [-0.25, -0.2) is 9.18 Å². The maximum absolute atomic E-state index is 15.4. The van der Waals surface area contributed by atoms with E-state index in [0.717, 1.165) is 26.2 Å². The molecule has 15 heteroatoms. The SMILES string of the molecule is CC1(CC(OS(=O)(=O)C(F)(C(=O)OC23CC4CC(CC(C4)C2)C3)C(F)(F)F)C(F)(F)F)OCCCO1. The Morgan fingerprint density at radius 2 is 1.42 bits per heavy atom. The van der Waals surface area contributed by atoms with Crippen LogP contribution in [0.3, 0.4) is 0 Å². The summed E-state index contributed by atoms with van der Waals surface area (Å²) in [6.45, 7) is 0.871. The number of alkyl halides is 7. The van der Waals surface area contributed by atoms with Crippen molar-refractivity contribution in [1.29, 1.82) is 0 Å². The summed E-state index contributed by atoms with van der Waals surface area (Å²) in [5.41, 5.74) is -1.50. The zero-order valence-corrected chi connectivity index (χ0v) is 20.1. The molecule has 0 N–H and O–H groups in total. The minimum Gasteiger partial charge on any atom is -0.456 e. The Morgan fingerprint density at radius 3 is 1.83 bits per heavy atom. The highest BCUT2D eigenvalue weighted by molar-refractivity contribution is 7.88. The van der Waals surface area contributed by atoms with Gasteiger partial charge in [-0.15, -0.1) is 0 Å². The second kappa shape index (κ2) is 8.94. The van der Waals surface area contributed by atoms with Gasteiger partial charge in [0.1, 0.15) is 5.60 Å². The van der Waals surface area contributed by atoms with Gasteiger partial charge in [0, 0.05) is 6.42 Å². The molecule has 5 fully saturated rings. The number of carbonyl (C=O) groups is 1. The van der Waals surface area contributed by atoms with Crippen LogP contribution in [0.1, 0.15) is 58.3 Å². The van der Waals surface area contributed by atoms with Gasteiger partial charge in [0.15, 0.2) is 11.9 Å². The zero-order valence-electron chi connectivity index (χ0n) is 19.3. The molecule has 4 aliphatic carbocycles. The standard InChI is InChI=1S/C21H27F7O7S/c1-17(32-3-2-4-33-17)11-15(20(23,24)25)35-36(30,31)19(22,21(26,27)28)16(29)34-18-8-12-5-13(9-18)7-14(6-12)10-18/h12-15H,2-11H2,1H3. The lowest BCUT2D eigenvalue weighted by Gasteiger charge is -2.55. The van der Waals surface area contributed by atoms with E-state index in [1.165, 1.54) is 0 Å². The van der Waals surface area contributed by atoms with Crippen LogP contribution in [-0.4, -0.2) is 62.4 Å². The first kappa shape index (κ1) is 27.8. The van der Waals surface area contributed by atoms with Crippen LogP contribution in [0, 0.1) is 17.8 Å². The number of hydrogen-bond acceptors (Lipinski definition) is 7. The van der Waals surface area contributed by atoms with Crippen LogP contribution in [0.25, 0.3) is 0 Å². The Kier molecular flexibility index (Phi) is 6.91. The fourth-order valence-electron chi connectivity index (χ4n) is 6.33. The van der Waals surface area contributed by atoms with Crippen molar-refractivity contribution in [2.45, 2.75) is 93.1 Å². The number of hydrogen-bond donors (Lipinski definition) is 0. The topological polar surface area (TPSA) is 88.1 Å². The summed E-state index contributed by atoms with van der Waals surface area (Å²) < 4.78 is 142. The van der Waals surface area contributed by atoms with Crippen molar-refractivity contribution < 1.29 is 62.3 Å². The first-order valence-electron chi connectivity index (χ1n) is 11.6. The second-order valence-corrected chi connectivity index (χ2v) is 12.2. The molecule has 0 amide bonds. The van der Waals surface area contributed by atoms with Gasteiger partial charge in [0.05, 0.1) is 13.2 Å². The van der Waals surface area contributed by atoms with Crippen LogP contribution >= 0.6 is 0 Å². The quantitative estimate of drug-likeness (QED) is 0.258. The van der Waals surface area contributed by atoms with E-state index < -0.39 is 57.4 Å². The molecule has 4 saturated carbocycles. The van der Waals surface area contributed by atoms with Crippen molar-refractivity contribution in [3.05, 3.63) is 0 Å². The Bertz CT molecular complexity index is 923. The molecule has 0 radical (unpaired) electrons. The first-order valence-corrected chi connectivity index (χ1v) is 13.1. The maximum atomic E-state index is 15.4. The lowest BCUT2D eigenvalue weighted by molar-refractivity contribution is -0.289. The zero-order chi connectivity index (χ0) is 26.8. The smallest absolute Gasteiger partial charge is 0.451 e. The van der Waals surface area contributed by atoms with Gasteiger partial charge in [0.25, 0.3) is 0 Å². The van der Waals surface area contributed by atoms with Gasteiger partial charge in [-0.1, -0.05) is 0 Å². The largest absolute Gasteiger partial charge is 0.456 e.